The molecule has 4 heteroatoms. The first-order valence-electron chi connectivity index (χ1n) is 8.09. The summed E-state index contributed by atoms with van der Waals surface area (Å²) in [4.78, 5) is 0. The van der Waals surface area contributed by atoms with E-state index in [1.165, 1.54) is 32.9 Å². The molecule has 0 saturated carbocycles. The molecule has 23 heavy (non-hydrogen) atoms. The molecule has 0 aliphatic carbocycles. The van der Waals surface area contributed by atoms with Gasteiger partial charge in [0, 0.05) is 19.3 Å². The third-order valence-corrected chi connectivity index (χ3v) is 6.87. The van der Waals surface area contributed by atoms with Crippen molar-refractivity contribution in [1.82, 2.24) is 4.57 Å². The molecule has 3 aromatic rings. The van der Waals surface area contributed by atoms with Gasteiger partial charge in [-0.2, -0.15) is 4.57 Å². The van der Waals surface area contributed by atoms with E-state index in [4.69, 9.17) is 4.74 Å². The number of hydrogen-bond donors (Lipinski definition) is 0. The lowest BCUT2D eigenvalue weighted by molar-refractivity contribution is -0.660. The summed E-state index contributed by atoms with van der Waals surface area (Å²) in [6.45, 7) is 9.32. The molecule has 0 radical (unpaired) electrons. The summed E-state index contributed by atoms with van der Waals surface area (Å²) in [5.74, 6) is 2.04. The summed E-state index contributed by atoms with van der Waals surface area (Å²) in [5, 5.41) is 2.62. The standard InChI is InChI=1S/C19H23N2OSi/c1-12-7-8-13-17-14(11-21(13)3)22-19-15(23(4,5)6)9-10-20(2)18(19)16(12)17/h7-11H,1-6H3/q+1. The molecular formula is C19H23N2OSi+. The van der Waals surface area contributed by atoms with Gasteiger partial charge in [0.05, 0.1) is 24.5 Å². The summed E-state index contributed by atoms with van der Waals surface area (Å²) >= 11 is 0. The number of hydrogen-bond acceptors (Lipinski definition) is 1. The summed E-state index contributed by atoms with van der Waals surface area (Å²) in [6, 6.07) is 6.65. The molecule has 118 valence electrons. The van der Waals surface area contributed by atoms with Crippen molar-refractivity contribution < 1.29 is 9.30 Å². The van der Waals surface area contributed by atoms with Crippen molar-refractivity contribution in [2.45, 2.75) is 26.6 Å². The van der Waals surface area contributed by atoms with Gasteiger partial charge in [-0.15, -0.1) is 0 Å². The van der Waals surface area contributed by atoms with E-state index in [2.05, 4.69) is 80.4 Å². The maximum atomic E-state index is 6.46. The number of benzene rings is 1. The SMILES string of the molecule is Cc1ccc2c3c(cn2C)Oc2c([Si](C)(C)C)cc[n+](C)c2-c13. The maximum Gasteiger partial charge on any atom is 0.256 e. The van der Waals surface area contributed by atoms with Gasteiger partial charge in [-0.25, -0.2) is 0 Å². The summed E-state index contributed by atoms with van der Waals surface area (Å²) in [6.07, 6.45) is 4.29. The Morgan fingerprint density at radius 3 is 2.57 bits per heavy atom. The van der Waals surface area contributed by atoms with Crippen LogP contribution in [0.2, 0.25) is 19.6 Å². The predicted octanol–water partition coefficient (Wildman–Crippen LogP) is 3.63. The minimum Gasteiger partial charge on any atom is -0.448 e. The van der Waals surface area contributed by atoms with Crippen molar-refractivity contribution >= 4 is 24.2 Å². The fourth-order valence-electron chi connectivity index (χ4n) is 3.65. The summed E-state index contributed by atoms with van der Waals surface area (Å²) in [5.41, 5.74) is 5.07. The normalized spacial score (nSPS) is 13.1. The minimum atomic E-state index is -1.50. The average Bonchev–Trinajstić information content (AvgIpc) is 2.77. The Hall–Kier alpha value is -2.07. The zero-order valence-corrected chi connectivity index (χ0v) is 15.7. The van der Waals surface area contributed by atoms with Crippen LogP contribution in [-0.4, -0.2) is 12.6 Å². The molecule has 0 bridgehead atoms. The molecule has 0 spiro atoms. The van der Waals surface area contributed by atoms with Gasteiger partial charge in [0.2, 0.25) is 0 Å². The first-order valence-corrected chi connectivity index (χ1v) is 11.6. The molecule has 0 fully saturated rings. The Kier molecular flexibility index (Phi) is 2.83. The zero-order chi connectivity index (χ0) is 16.5. The highest BCUT2D eigenvalue weighted by Crippen LogP contribution is 2.46. The summed E-state index contributed by atoms with van der Waals surface area (Å²) in [7, 11) is 2.70. The second kappa shape index (κ2) is 4.48. The first kappa shape index (κ1) is 14.5. The van der Waals surface area contributed by atoms with Gasteiger partial charge in [-0.1, -0.05) is 25.7 Å². The number of aryl methyl sites for hydroxylation is 3. The highest BCUT2D eigenvalue weighted by atomic mass is 28.3. The lowest BCUT2D eigenvalue weighted by Crippen LogP contribution is -2.43. The van der Waals surface area contributed by atoms with Crippen LogP contribution in [0.15, 0.2) is 30.6 Å². The molecule has 3 nitrogen and oxygen atoms in total. The third kappa shape index (κ3) is 1.91. The Balaban J connectivity index is 2.19. The third-order valence-electron chi connectivity index (χ3n) is 4.86. The molecule has 3 heterocycles. The van der Waals surface area contributed by atoms with Gasteiger partial charge in [0.15, 0.2) is 17.7 Å². The van der Waals surface area contributed by atoms with Gasteiger partial charge in [0.25, 0.3) is 5.69 Å². The van der Waals surface area contributed by atoms with Crippen LogP contribution in [0.4, 0.5) is 0 Å². The zero-order valence-electron chi connectivity index (χ0n) is 14.7. The Morgan fingerprint density at radius 2 is 1.87 bits per heavy atom. The van der Waals surface area contributed by atoms with E-state index in [0.717, 1.165) is 11.5 Å². The lowest BCUT2D eigenvalue weighted by Gasteiger charge is -2.24. The number of pyridine rings is 1. The van der Waals surface area contributed by atoms with Gasteiger partial charge in [0.1, 0.15) is 7.05 Å². The number of fused-ring (bicyclic) bond motifs is 2. The largest absolute Gasteiger partial charge is 0.448 e. The molecule has 4 rings (SSSR count). The van der Waals surface area contributed by atoms with E-state index in [0.29, 0.717) is 0 Å². The van der Waals surface area contributed by atoms with E-state index >= 15 is 0 Å². The van der Waals surface area contributed by atoms with Gasteiger partial charge >= 0.3 is 0 Å². The fourth-order valence-corrected chi connectivity index (χ4v) is 5.07. The minimum absolute atomic E-state index is 0.986. The molecule has 0 unspecified atom stereocenters. The van der Waals surface area contributed by atoms with E-state index < -0.39 is 8.07 Å². The fraction of sp³-hybridized carbons (Fsp3) is 0.316. The van der Waals surface area contributed by atoms with Crippen LogP contribution in [0.1, 0.15) is 5.56 Å². The molecular weight excluding hydrogens is 300 g/mol. The molecule has 1 aliphatic heterocycles. The smallest absolute Gasteiger partial charge is 0.256 e. The van der Waals surface area contributed by atoms with E-state index in [1.807, 2.05) is 0 Å². The van der Waals surface area contributed by atoms with Crippen LogP contribution in [-0.2, 0) is 14.1 Å². The van der Waals surface area contributed by atoms with Crippen molar-refractivity contribution in [2.75, 3.05) is 0 Å². The Bertz CT molecular complexity index is 964. The molecule has 2 aromatic heterocycles. The van der Waals surface area contributed by atoms with Gasteiger partial charge < -0.3 is 9.30 Å². The van der Waals surface area contributed by atoms with Crippen LogP contribution in [0.3, 0.4) is 0 Å². The Labute approximate surface area is 138 Å². The van der Waals surface area contributed by atoms with Crippen LogP contribution in [0.25, 0.3) is 22.2 Å². The molecule has 1 aliphatic rings. The van der Waals surface area contributed by atoms with Crippen molar-refractivity contribution in [1.29, 1.82) is 0 Å². The molecule has 0 N–H and O–H groups in total. The monoisotopic (exact) mass is 323 g/mol. The number of aromatic nitrogens is 2. The molecule has 1 aromatic carbocycles. The van der Waals surface area contributed by atoms with Gasteiger partial charge in [-0.05, 0) is 23.7 Å². The van der Waals surface area contributed by atoms with Crippen LogP contribution in [0, 0.1) is 6.92 Å². The highest BCUT2D eigenvalue weighted by Gasteiger charge is 2.35. The topological polar surface area (TPSA) is 18.0 Å². The van der Waals surface area contributed by atoms with Crippen molar-refractivity contribution in [3.63, 3.8) is 0 Å². The van der Waals surface area contributed by atoms with Crippen LogP contribution < -0.4 is 14.5 Å². The lowest BCUT2D eigenvalue weighted by atomic mass is 9.97. The number of rotatable bonds is 1. The molecule has 0 saturated heterocycles. The van der Waals surface area contributed by atoms with Crippen LogP contribution in [0.5, 0.6) is 11.5 Å². The second-order valence-electron chi connectivity index (χ2n) is 7.63. The molecule has 0 atom stereocenters. The Morgan fingerprint density at radius 1 is 1.13 bits per heavy atom. The average molecular weight is 323 g/mol. The molecule has 0 amide bonds. The number of nitrogens with zero attached hydrogens (tertiary/aromatic N) is 2. The second-order valence-corrected chi connectivity index (χ2v) is 12.7. The van der Waals surface area contributed by atoms with Crippen LogP contribution >= 0.6 is 0 Å². The summed E-state index contributed by atoms with van der Waals surface area (Å²) < 4.78 is 10.8. The van der Waals surface area contributed by atoms with Crippen molar-refractivity contribution in [3.05, 3.63) is 36.2 Å². The van der Waals surface area contributed by atoms with E-state index in [1.54, 1.807) is 0 Å². The van der Waals surface area contributed by atoms with Crippen molar-refractivity contribution in [3.8, 4) is 22.8 Å². The maximum absolute atomic E-state index is 6.46. The van der Waals surface area contributed by atoms with E-state index in [9.17, 15) is 0 Å². The van der Waals surface area contributed by atoms with Gasteiger partial charge in [-0.3, -0.25) is 0 Å². The van der Waals surface area contributed by atoms with E-state index in [-0.39, 0.29) is 0 Å². The predicted molar refractivity (Wildman–Crippen MR) is 97.3 cm³/mol. The van der Waals surface area contributed by atoms with Crippen molar-refractivity contribution in [2.24, 2.45) is 14.1 Å². The quantitative estimate of drug-likeness (QED) is 0.386. The first-order chi connectivity index (χ1) is 10.8. The highest BCUT2D eigenvalue weighted by molar-refractivity contribution is 6.89. The number of ether oxygens (including phenoxy) is 1.